The maximum atomic E-state index is 12.0. The first-order valence-corrected chi connectivity index (χ1v) is 7.80. The van der Waals surface area contributed by atoms with Crippen molar-refractivity contribution in [1.82, 2.24) is 15.3 Å². The van der Waals surface area contributed by atoms with Crippen molar-refractivity contribution in [2.75, 3.05) is 12.4 Å². The standard InChI is InChI=1S/C19H18N4O2/c1-25-17-9-5-8-15(10-17)23-19(24)20-12-16-11-18(22-13-21-16)14-6-3-2-4-7-14/h2-11,13H,12H2,1H3,(H2,20,23,24). The zero-order valence-corrected chi connectivity index (χ0v) is 13.8. The Morgan fingerprint density at radius 1 is 1.04 bits per heavy atom. The minimum atomic E-state index is -0.312. The first-order valence-electron chi connectivity index (χ1n) is 7.80. The van der Waals surface area contributed by atoms with E-state index < -0.39 is 0 Å². The monoisotopic (exact) mass is 334 g/mol. The van der Waals surface area contributed by atoms with Gasteiger partial charge in [-0.25, -0.2) is 14.8 Å². The maximum Gasteiger partial charge on any atom is 0.319 e. The highest BCUT2D eigenvalue weighted by Crippen LogP contribution is 2.17. The van der Waals surface area contributed by atoms with E-state index in [1.54, 1.807) is 19.2 Å². The van der Waals surface area contributed by atoms with Gasteiger partial charge in [-0.3, -0.25) is 0 Å². The van der Waals surface area contributed by atoms with Gasteiger partial charge in [0.1, 0.15) is 12.1 Å². The summed E-state index contributed by atoms with van der Waals surface area (Å²) in [7, 11) is 1.58. The highest BCUT2D eigenvalue weighted by Gasteiger charge is 2.05. The fourth-order valence-electron chi connectivity index (χ4n) is 2.31. The average molecular weight is 334 g/mol. The molecule has 0 atom stereocenters. The number of nitrogens with zero attached hydrogens (tertiary/aromatic N) is 2. The summed E-state index contributed by atoms with van der Waals surface area (Å²) >= 11 is 0. The van der Waals surface area contributed by atoms with Gasteiger partial charge in [0, 0.05) is 17.3 Å². The van der Waals surface area contributed by atoms with Crippen molar-refractivity contribution in [2.24, 2.45) is 0 Å². The van der Waals surface area contributed by atoms with E-state index >= 15 is 0 Å². The molecule has 0 aliphatic carbocycles. The molecular weight excluding hydrogens is 316 g/mol. The Kier molecular flexibility index (Phi) is 5.21. The number of amides is 2. The number of aromatic nitrogens is 2. The Hall–Kier alpha value is -3.41. The molecule has 1 heterocycles. The lowest BCUT2D eigenvalue weighted by molar-refractivity contribution is 0.251. The van der Waals surface area contributed by atoms with E-state index in [-0.39, 0.29) is 6.03 Å². The Balaban J connectivity index is 1.60. The number of methoxy groups -OCH3 is 1. The molecule has 1 aromatic heterocycles. The second-order valence-electron chi connectivity index (χ2n) is 5.30. The minimum Gasteiger partial charge on any atom is -0.497 e. The summed E-state index contributed by atoms with van der Waals surface area (Å²) in [6.07, 6.45) is 1.50. The van der Waals surface area contributed by atoms with Crippen molar-refractivity contribution in [3.05, 3.63) is 72.7 Å². The molecule has 0 aliphatic heterocycles. The molecule has 0 saturated heterocycles. The molecule has 2 N–H and O–H groups in total. The first-order chi connectivity index (χ1) is 12.2. The van der Waals surface area contributed by atoms with Crippen molar-refractivity contribution in [3.8, 4) is 17.0 Å². The number of benzene rings is 2. The molecule has 3 rings (SSSR count). The van der Waals surface area contributed by atoms with E-state index in [0.29, 0.717) is 18.0 Å². The summed E-state index contributed by atoms with van der Waals surface area (Å²) in [6, 6.07) is 18.5. The molecule has 0 unspecified atom stereocenters. The van der Waals surface area contributed by atoms with Crippen LogP contribution >= 0.6 is 0 Å². The van der Waals surface area contributed by atoms with Crippen molar-refractivity contribution in [2.45, 2.75) is 6.54 Å². The predicted molar refractivity (Wildman–Crippen MR) is 96.3 cm³/mol. The number of nitrogens with one attached hydrogen (secondary N) is 2. The SMILES string of the molecule is COc1cccc(NC(=O)NCc2cc(-c3ccccc3)ncn2)c1. The van der Waals surface area contributed by atoms with Gasteiger partial charge in [-0.2, -0.15) is 0 Å². The molecule has 0 radical (unpaired) electrons. The van der Waals surface area contributed by atoms with Crippen LogP contribution < -0.4 is 15.4 Å². The molecule has 0 saturated carbocycles. The Morgan fingerprint density at radius 3 is 2.68 bits per heavy atom. The molecule has 25 heavy (non-hydrogen) atoms. The van der Waals surface area contributed by atoms with Gasteiger partial charge in [-0.1, -0.05) is 36.4 Å². The van der Waals surface area contributed by atoms with Crippen molar-refractivity contribution in [3.63, 3.8) is 0 Å². The van der Waals surface area contributed by atoms with Gasteiger partial charge in [0.15, 0.2) is 0 Å². The molecule has 6 nitrogen and oxygen atoms in total. The fourth-order valence-corrected chi connectivity index (χ4v) is 2.31. The zero-order chi connectivity index (χ0) is 17.5. The highest BCUT2D eigenvalue weighted by atomic mass is 16.5. The van der Waals surface area contributed by atoms with Crippen LogP contribution in [-0.2, 0) is 6.54 Å². The zero-order valence-electron chi connectivity index (χ0n) is 13.8. The molecule has 3 aromatic rings. The van der Waals surface area contributed by atoms with Crippen LogP contribution in [0, 0.1) is 0 Å². The largest absolute Gasteiger partial charge is 0.497 e. The van der Waals surface area contributed by atoms with Crippen molar-refractivity contribution < 1.29 is 9.53 Å². The van der Waals surface area contributed by atoms with Gasteiger partial charge in [0.25, 0.3) is 0 Å². The number of carbonyl (C=O) groups is 1. The second-order valence-corrected chi connectivity index (χ2v) is 5.30. The third-order valence-electron chi connectivity index (χ3n) is 3.55. The minimum absolute atomic E-state index is 0.304. The van der Waals surface area contributed by atoms with Gasteiger partial charge >= 0.3 is 6.03 Å². The Labute approximate surface area is 145 Å². The summed E-state index contributed by atoms with van der Waals surface area (Å²) < 4.78 is 5.13. The van der Waals surface area contributed by atoms with Gasteiger partial charge in [-0.05, 0) is 18.2 Å². The molecular formula is C19H18N4O2. The fraction of sp³-hybridized carbons (Fsp3) is 0.105. The van der Waals surface area contributed by atoms with Crippen LogP contribution in [-0.4, -0.2) is 23.1 Å². The second kappa shape index (κ2) is 7.92. The normalized spacial score (nSPS) is 10.1. The van der Waals surface area contributed by atoms with Crippen LogP contribution in [0.25, 0.3) is 11.3 Å². The third-order valence-corrected chi connectivity index (χ3v) is 3.55. The average Bonchev–Trinajstić information content (AvgIpc) is 2.67. The predicted octanol–water partition coefficient (Wildman–Crippen LogP) is 3.47. The van der Waals surface area contributed by atoms with Gasteiger partial charge in [0.05, 0.1) is 25.0 Å². The molecule has 0 fully saturated rings. The van der Waals surface area contributed by atoms with E-state index in [9.17, 15) is 4.79 Å². The van der Waals surface area contributed by atoms with Crippen molar-refractivity contribution >= 4 is 11.7 Å². The summed E-state index contributed by atoms with van der Waals surface area (Å²) in [5, 5.41) is 5.54. The molecule has 2 amide bonds. The van der Waals surface area contributed by atoms with Crippen LogP contribution in [0.5, 0.6) is 5.75 Å². The number of carbonyl (C=O) groups excluding carboxylic acids is 1. The lowest BCUT2D eigenvalue weighted by Crippen LogP contribution is -2.28. The number of hydrogen-bond donors (Lipinski definition) is 2. The van der Waals surface area contributed by atoms with Crippen molar-refractivity contribution in [1.29, 1.82) is 0 Å². The summed E-state index contributed by atoms with van der Waals surface area (Å²) in [6.45, 7) is 0.304. The topological polar surface area (TPSA) is 76.1 Å². The summed E-state index contributed by atoms with van der Waals surface area (Å²) in [5.74, 6) is 0.682. The highest BCUT2D eigenvalue weighted by molar-refractivity contribution is 5.89. The van der Waals surface area contributed by atoms with Crippen LogP contribution in [0.4, 0.5) is 10.5 Å². The van der Waals surface area contributed by atoms with Crippen LogP contribution in [0.2, 0.25) is 0 Å². The molecule has 0 spiro atoms. The summed E-state index contributed by atoms with van der Waals surface area (Å²) in [5.41, 5.74) is 3.21. The lowest BCUT2D eigenvalue weighted by Gasteiger charge is -2.09. The van der Waals surface area contributed by atoms with E-state index in [0.717, 1.165) is 17.0 Å². The van der Waals surface area contributed by atoms with Crippen LogP contribution in [0.15, 0.2) is 67.0 Å². The van der Waals surface area contributed by atoms with E-state index in [1.807, 2.05) is 48.5 Å². The maximum absolute atomic E-state index is 12.0. The Bertz CT molecular complexity index is 853. The number of rotatable bonds is 5. The number of ether oxygens (including phenoxy) is 1. The number of urea groups is 1. The molecule has 126 valence electrons. The summed E-state index contributed by atoms with van der Waals surface area (Å²) in [4.78, 5) is 20.5. The quantitative estimate of drug-likeness (QED) is 0.749. The molecule has 6 heteroatoms. The van der Waals surface area contributed by atoms with Gasteiger partial charge in [0.2, 0.25) is 0 Å². The lowest BCUT2D eigenvalue weighted by atomic mass is 10.1. The van der Waals surface area contributed by atoms with E-state index in [2.05, 4.69) is 20.6 Å². The van der Waals surface area contributed by atoms with E-state index in [4.69, 9.17) is 4.74 Å². The molecule has 0 aliphatic rings. The first kappa shape index (κ1) is 16.4. The molecule has 0 bridgehead atoms. The number of hydrogen-bond acceptors (Lipinski definition) is 4. The van der Waals surface area contributed by atoms with Crippen LogP contribution in [0.1, 0.15) is 5.69 Å². The molecule has 2 aromatic carbocycles. The third kappa shape index (κ3) is 4.54. The smallest absolute Gasteiger partial charge is 0.319 e. The number of anilines is 1. The van der Waals surface area contributed by atoms with E-state index in [1.165, 1.54) is 6.33 Å². The van der Waals surface area contributed by atoms with Gasteiger partial charge in [-0.15, -0.1) is 0 Å². The Morgan fingerprint density at radius 2 is 1.88 bits per heavy atom. The van der Waals surface area contributed by atoms with Crippen LogP contribution in [0.3, 0.4) is 0 Å². The van der Waals surface area contributed by atoms with Gasteiger partial charge < -0.3 is 15.4 Å².